The van der Waals surface area contributed by atoms with Gasteiger partial charge in [0.05, 0.1) is 6.10 Å². The fourth-order valence-corrected chi connectivity index (χ4v) is 2.56. The molecule has 3 unspecified atom stereocenters. The predicted molar refractivity (Wildman–Crippen MR) is 75.7 cm³/mol. The fourth-order valence-electron chi connectivity index (χ4n) is 2.56. The molecule has 0 radical (unpaired) electrons. The standard InChI is InChI=1S/C16H25NO/c1-3-12(2)13-6-8-14(9-7-13)16(17)11-15-5-4-10-18-15/h6-9,12,15-16H,3-5,10-11,17H2,1-2H3. The van der Waals surface area contributed by atoms with Gasteiger partial charge >= 0.3 is 0 Å². The monoisotopic (exact) mass is 247 g/mol. The minimum Gasteiger partial charge on any atom is -0.378 e. The SMILES string of the molecule is CCC(C)c1ccc(C(N)CC2CCCO2)cc1. The van der Waals surface area contributed by atoms with Crippen LogP contribution in [0, 0.1) is 0 Å². The maximum absolute atomic E-state index is 6.25. The number of rotatable bonds is 5. The van der Waals surface area contributed by atoms with E-state index >= 15 is 0 Å². The molecule has 0 amide bonds. The highest BCUT2D eigenvalue weighted by Crippen LogP contribution is 2.25. The number of ether oxygens (including phenoxy) is 1. The van der Waals surface area contributed by atoms with Gasteiger partial charge in [0, 0.05) is 12.6 Å². The Labute approximate surface area is 111 Å². The highest BCUT2D eigenvalue weighted by Gasteiger charge is 2.19. The first kappa shape index (κ1) is 13.6. The van der Waals surface area contributed by atoms with Crippen LogP contribution in [-0.2, 0) is 4.74 Å². The van der Waals surface area contributed by atoms with E-state index < -0.39 is 0 Å². The van der Waals surface area contributed by atoms with Crippen molar-refractivity contribution >= 4 is 0 Å². The molecule has 18 heavy (non-hydrogen) atoms. The highest BCUT2D eigenvalue weighted by molar-refractivity contribution is 5.27. The molecule has 3 atom stereocenters. The van der Waals surface area contributed by atoms with Gasteiger partial charge < -0.3 is 10.5 Å². The molecule has 2 heteroatoms. The Morgan fingerprint density at radius 2 is 1.94 bits per heavy atom. The summed E-state index contributed by atoms with van der Waals surface area (Å²) in [4.78, 5) is 0. The number of hydrogen-bond acceptors (Lipinski definition) is 2. The summed E-state index contributed by atoms with van der Waals surface area (Å²) in [6.45, 7) is 5.40. The van der Waals surface area contributed by atoms with Crippen molar-refractivity contribution < 1.29 is 4.74 Å². The van der Waals surface area contributed by atoms with Crippen molar-refractivity contribution in [3.63, 3.8) is 0 Å². The summed E-state index contributed by atoms with van der Waals surface area (Å²) in [6.07, 6.45) is 4.85. The van der Waals surface area contributed by atoms with Gasteiger partial charge in [-0.15, -0.1) is 0 Å². The summed E-state index contributed by atoms with van der Waals surface area (Å²) in [5.74, 6) is 0.633. The molecule has 1 heterocycles. The molecule has 0 saturated carbocycles. The third-order valence-electron chi connectivity index (χ3n) is 4.09. The van der Waals surface area contributed by atoms with E-state index in [9.17, 15) is 0 Å². The van der Waals surface area contributed by atoms with Gasteiger partial charge in [0.25, 0.3) is 0 Å². The molecule has 1 fully saturated rings. The summed E-state index contributed by atoms with van der Waals surface area (Å²) in [5, 5.41) is 0. The lowest BCUT2D eigenvalue weighted by Crippen LogP contribution is -2.18. The van der Waals surface area contributed by atoms with E-state index in [1.165, 1.54) is 30.4 Å². The molecular formula is C16H25NO. The van der Waals surface area contributed by atoms with Gasteiger partial charge in [0.15, 0.2) is 0 Å². The van der Waals surface area contributed by atoms with Gasteiger partial charge in [0.2, 0.25) is 0 Å². The van der Waals surface area contributed by atoms with Crippen molar-refractivity contribution in [3.05, 3.63) is 35.4 Å². The van der Waals surface area contributed by atoms with Crippen LogP contribution in [0.4, 0.5) is 0 Å². The molecule has 0 aromatic heterocycles. The second-order valence-corrected chi connectivity index (χ2v) is 5.45. The molecule has 2 N–H and O–H groups in total. The maximum atomic E-state index is 6.25. The van der Waals surface area contributed by atoms with Crippen molar-refractivity contribution in [2.45, 2.75) is 57.6 Å². The zero-order valence-corrected chi connectivity index (χ0v) is 11.6. The second-order valence-electron chi connectivity index (χ2n) is 5.45. The topological polar surface area (TPSA) is 35.2 Å². The molecule has 100 valence electrons. The maximum Gasteiger partial charge on any atom is 0.0594 e. The summed E-state index contributed by atoms with van der Waals surface area (Å²) >= 11 is 0. The molecule has 1 aromatic carbocycles. The van der Waals surface area contributed by atoms with Crippen molar-refractivity contribution in [2.24, 2.45) is 5.73 Å². The number of benzene rings is 1. The average Bonchev–Trinajstić information content (AvgIpc) is 2.91. The van der Waals surface area contributed by atoms with Gasteiger partial charge in [0.1, 0.15) is 0 Å². The molecule has 2 nitrogen and oxygen atoms in total. The van der Waals surface area contributed by atoms with Gasteiger partial charge in [-0.2, -0.15) is 0 Å². The third kappa shape index (κ3) is 3.33. The lowest BCUT2D eigenvalue weighted by Gasteiger charge is -2.17. The summed E-state index contributed by atoms with van der Waals surface area (Å²) in [6, 6.07) is 8.92. The number of nitrogens with two attached hydrogens (primary N) is 1. The van der Waals surface area contributed by atoms with E-state index in [2.05, 4.69) is 38.1 Å². The summed E-state index contributed by atoms with van der Waals surface area (Å²) < 4.78 is 5.64. The van der Waals surface area contributed by atoms with E-state index in [0.29, 0.717) is 12.0 Å². The predicted octanol–water partition coefficient (Wildman–Crippen LogP) is 3.77. The molecule has 0 spiro atoms. The van der Waals surface area contributed by atoms with Gasteiger partial charge in [-0.05, 0) is 42.7 Å². The van der Waals surface area contributed by atoms with Crippen molar-refractivity contribution in [1.29, 1.82) is 0 Å². The molecule has 2 rings (SSSR count). The molecule has 0 bridgehead atoms. The molecule has 1 aromatic rings. The summed E-state index contributed by atoms with van der Waals surface area (Å²) in [5.41, 5.74) is 8.90. The smallest absolute Gasteiger partial charge is 0.0594 e. The molecule has 0 aliphatic carbocycles. The first-order valence-corrected chi connectivity index (χ1v) is 7.17. The van der Waals surface area contributed by atoms with Crippen molar-refractivity contribution in [1.82, 2.24) is 0 Å². The van der Waals surface area contributed by atoms with E-state index in [4.69, 9.17) is 10.5 Å². The van der Waals surface area contributed by atoms with E-state index in [-0.39, 0.29) is 6.04 Å². The average molecular weight is 247 g/mol. The Bertz CT molecular complexity index is 354. The van der Waals surface area contributed by atoms with Gasteiger partial charge in [-0.1, -0.05) is 38.1 Å². The Hall–Kier alpha value is -0.860. The van der Waals surface area contributed by atoms with Crippen molar-refractivity contribution in [3.8, 4) is 0 Å². The van der Waals surface area contributed by atoms with Crippen LogP contribution in [0.2, 0.25) is 0 Å². The fraction of sp³-hybridized carbons (Fsp3) is 0.625. The first-order chi connectivity index (χ1) is 8.70. The van der Waals surface area contributed by atoms with Crippen LogP contribution >= 0.6 is 0 Å². The zero-order chi connectivity index (χ0) is 13.0. The molecule has 1 saturated heterocycles. The summed E-state index contributed by atoms with van der Waals surface area (Å²) in [7, 11) is 0. The van der Waals surface area contributed by atoms with Crippen LogP contribution in [-0.4, -0.2) is 12.7 Å². The lowest BCUT2D eigenvalue weighted by atomic mass is 9.94. The normalized spacial score (nSPS) is 22.9. The lowest BCUT2D eigenvalue weighted by molar-refractivity contribution is 0.0983. The largest absolute Gasteiger partial charge is 0.378 e. The quantitative estimate of drug-likeness (QED) is 0.859. The van der Waals surface area contributed by atoms with Crippen LogP contribution in [0.15, 0.2) is 24.3 Å². The number of hydrogen-bond donors (Lipinski definition) is 1. The van der Waals surface area contributed by atoms with Gasteiger partial charge in [-0.3, -0.25) is 0 Å². The van der Waals surface area contributed by atoms with E-state index in [1.807, 2.05) is 0 Å². The molecule has 1 aliphatic rings. The van der Waals surface area contributed by atoms with Crippen molar-refractivity contribution in [2.75, 3.05) is 6.61 Å². The van der Waals surface area contributed by atoms with Crippen LogP contribution in [0.3, 0.4) is 0 Å². The minimum atomic E-state index is 0.110. The zero-order valence-electron chi connectivity index (χ0n) is 11.6. The van der Waals surface area contributed by atoms with E-state index in [1.54, 1.807) is 0 Å². The third-order valence-corrected chi connectivity index (χ3v) is 4.09. The molecular weight excluding hydrogens is 222 g/mol. The van der Waals surface area contributed by atoms with E-state index in [0.717, 1.165) is 13.0 Å². The van der Waals surface area contributed by atoms with Crippen LogP contribution < -0.4 is 5.73 Å². The minimum absolute atomic E-state index is 0.110. The Morgan fingerprint density at radius 3 is 2.50 bits per heavy atom. The van der Waals surface area contributed by atoms with Crippen LogP contribution in [0.1, 0.15) is 62.6 Å². The van der Waals surface area contributed by atoms with Crippen LogP contribution in [0.25, 0.3) is 0 Å². The Kier molecular flexibility index (Phi) is 4.79. The Morgan fingerprint density at radius 1 is 1.28 bits per heavy atom. The second kappa shape index (κ2) is 6.35. The van der Waals surface area contributed by atoms with Gasteiger partial charge in [-0.25, -0.2) is 0 Å². The Balaban J connectivity index is 1.95. The van der Waals surface area contributed by atoms with Crippen LogP contribution in [0.5, 0.6) is 0 Å². The highest BCUT2D eigenvalue weighted by atomic mass is 16.5. The first-order valence-electron chi connectivity index (χ1n) is 7.17. The molecule has 1 aliphatic heterocycles.